The largest absolute Gasteiger partial charge is 0.327 e. The Morgan fingerprint density at radius 1 is 1.19 bits per heavy atom. The number of carbonyl (C=O) groups is 1. The van der Waals surface area contributed by atoms with Gasteiger partial charge in [0.05, 0.1) is 5.66 Å². The molecule has 3 aliphatic carbocycles. The van der Waals surface area contributed by atoms with Gasteiger partial charge in [-0.05, 0) is 75.2 Å². The molecule has 0 spiro atoms. The van der Waals surface area contributed by atoms with Crippen LogP contribution in [0.25, 0.3) is 0 Å². The van der Waals surface area contributed by atoms with Crippen LogP contribution in [0.2, 0.25) is 0 Å². The van der Waals surface area contributed by atoms with Crippen LogP contribution in [0.15, 0.2) is 11.6 Å². The van der Waals surface area contributed by atoms with E-state index in [4.69, 9.17) is 0 Å². The average molecular weight is 359 g/mol. The van der Waals surface area contributed by atoms with E-state index in [0.717, 1.165) is 37.0 Å². The minimum Gasteiger partial charge on any atom is -0.327 e. The molecular weight excluding hydrogens is 320 g/mol. The second-order valence-corrected chi connectivity index (χ2v) is 10.2. The SMILES string of the molecule is CCCC1=CC2(C)CCC3C(CC[C@@]4(NC)N(C)C(=O)CCC34C)C2C1. The molecule has 1 amide bonds. The van der Waals surface area contributed by atoms with Gasteiger partial charge in [-0.1, -0.05) is 38.8 Å². The summed E-state index contributed by atoms with van der Waals surface area (Å²) in [5, 5.41) is 3.66. The van der Waals surface area contributed by atoms with Crippen LogP contribution in [0.4, 0.5) is 0 Å². The summed E-state index contributed by atoms with van der Waals surface area (Å²) in [4.78, 5) is 14.6. The molecule has 3 fully saturated rings. The normalized spacial score (nSPS) is 47.9. The Labute approximate surface area is 160 Å². The molecule has 4 aliphatic rings. The highest BCUT2D eigenvalue weighted by atomic mass is 16.2. The first kappa shape index (κ1) is 18.5. The van der Waals surface area contributed by atoms with E-state index in [9.17, 15) is 4.79 Å². The molecule has 5 unspecified atom stereocenters. The van der Waals surface area contributed by atoms with E-state index in [2.05, 4.69) is 44.1 Å². The molecule has 1 heterocycles. The Bertz CT molecular complexity index is 628. The Kier molecular flexibility index (Phi) is 4.34. The summed E-state index contributed by atoms with van der Waals surface area (Å²) in [6.45, 7) is 7.35. The molecule has 146 valence electrons. The number of likely N-dealkylation sites (tertiary alicyclic amines) is 1. The van der Waals surface area contributed by atoms with Crippen LogP contribution in [-0.4, -0.2) is 30.6 Å². The third-order valence-corrected chi connectivity index (χ3v) is 9.28. The maximum absolute atomic E-state index is 12.5. The monoisotopic (exact) mass is 358 g/mol. The number of nitrogens with one attached hydrogen (secondary N) is 1. The fraction of sp³-hybridized carbons (Fsp3) is 0.870. The Hall–Kier alpha value is -0.830. The van der Waals surface area contributed by atoms with Crippen LogP contribution in [0, 0.1) is 28.6 Å². The van der Waals surface area contributed by atoms with Gasteiger partial charge < -0.3 is 4.90 Å². The lowest BCUT2D eigenvalue weighted by Crippen LogP contribution is -2.74. The van der Waals surface area contributed by atoms with Gasteiger partial charge in [0.1, 0.15) is 0 Å². The van der Waals surface area contributed by atoms with Gasteiger partial charge in [-0.3, -0.25) is 10.1 Å². The third-order valence-electron chi connectivity index (χ3n) is 9.28. The van der Waals surface area contributed by atoms with E-state index in [1.165, 1.54) is 38.5 Å². The van der Waals surface area contributed by atoms with Crippen molar-refractivity contribution < 1.29 is 4.79 Å². The predicted octanol–water partition coefficient (Wildman–Crippen LogP) is 4.73. The summed E-state index contributed by atoms with van der Waals surface area (Å²) >= 11 is 0. The number of fused-ring (bicyclic) bond motifs is 5. The number of rotatable bonds is 3. The van der Waals surface area contributed by atoms with Crippen molar-refractivity contribution >= 4 is 5.91 Å². The average Bonchev–Trinajstić information content (AvgIpc) is 2.95. The fourth-order valence-electron chi connectivity index (χ4n) is 7.93. The topological polar surface area (TPSA) is 32.3 Å². The summed E-state index contributed by atoms with van der Waals surface area (Å²) in [5.74, 6) is 2.72. The smallest absolute Gasteiger partial charge is 0.223 e. The zero-order chi connectivity index (χ0) is 18.7. The van der Waals surface area contributed by atoms with E-state index in [0.29, 0.717) is 11.3 Å². The number of carbonyl (C=O) groups excluding carboxylic acids is 1. The number of piperidine rings is 1. The molecule has 0 aromatic rings. The van der Waals surface area contributed by atoms with Crippen LogP contribution in [0.5, 0.6) is 0 Å². The maximum atomic E-state index is 12.5. The highest BCUT2D eigenvalue weighted by Crippen LogP contribution is 2.66. The molecule has 0 aromatic carbocycles. The molecule has 26 heavy (non-hydrogen) atoms. The molecule has 6 atom stereocenters. The van der Waals surface area contributed by atoms with Gasteiger partial charge in [-0.2, -0.15) is 0 Å². The molecule has 0 bridgehead atoms. The fourth-order valence-corrected chi connectivity index (χ4v) is 7.93. The zero-order valence-electron chi connectivity index (χ0n) is 17.5. The van der Waals surface area contributed by atoms with Crippen molar-refractivity contribution in [2.45, 2.75) is 84.2 Å². The number of hydrogen-bond acceptors (Lipinski definition) is 2. The van der Waals surface area contributed by atoms with E-state index in [1.807, 2.05) is 7.05 Å². The van der Waals surface area contributed by atoms with Crippen molar-refractivity contribution in [1.82, 2.24) is 10.2 Å². The predicted molar refractivity (Wildman–Crippen MR) is 107 cm³/mol. The molecule has 3 heteroatoms. The van der Waals surface area contributed by atoms with Crippen molar-refractivity contribution in [1.29, 1.82) is 0 Å². The van der Waals surface area contributed by atoms with Gasteiger partial charge in [-0.25, -0.2) is 0 Å². The van der Waals surface area contributed by atoms with Crippen LogP contribution >= 0.6 is 0 Å². The summed E-state index contributed by atoms with van der Waals surface area (Å²) in [6.07, 6.45) is 13.4. The lowest BCUT2D eigenvalue weighted by atomic mass is 9.45. The number of hydrogen-bond donors (Lipinski definition) is 1. The second kappa shape index (κ2) is 6.09. The zero-order valence-corrected chi connectivity index (χ0v) is 17.5. The summed E-state index contributed by atoms with van der Waals surface area (Å²) in [5.41, 5.74) is 2.21. The molecule has 1 saturated heterocycles. The van der Waals surface area contributed by atoms with Crippen molar-refractivity contribution in [3.05, 3.63) is 11.6 Å². The van der Waals surface area contributed by atoms with Gasteiger partial charge in [0.25, 0.3) is 0 Å². The molecular formula is C23H38N2O. The lowest BCUT2D eigenvalue weighted by molar-refractivity contribution is -0.190. The molecule has 0 radical (unpaired) electrons. The lowest BCUT2D eigenvalue weighted by Gasteiger charge is -2.66. The highest BCUT2D eigenvalue weighted by Gasteiger charge is 2.64. The minimum absolute atomic E-state index is 0.143. The molecule has 2 saturated carbocycles. The van der Waals surface area contributed by atoms with Gasteiger partial charge in [0.2, 0.25) is 5.91 Å². The number of allylic oxidation sites excluding steroid dienone is 2. The molecule has 1 aliphatic heterocycles. The first-order valence-corrected chi connectivity index (χ1v) is 11.0. The van der Waals surface area contributed by atoms with Crippen molar-refractivity contribution in [2.24, 2.45) is 28.6 Å². The molecule has 0 aromatic heterocycles. The quantitative estimate of drug-likeness (QED) is 0.740. The minimum atomic E-state index is -0.143. The highest BCUT2D eigenvalue weighted by molar-refractivity contribution is 5.78. The van der Waals surface area contributed by atoms with Crippen LogP contribution in [-0.2, 0) is 4.79 Å². The summed E-state index contributed by atoms with van der Waals surface area (Å²) in [6, 6.07) is 0. The summed E-state index contributed by atoms with van der Waals surface area (Å²) < 4.78 is 0. The molecule has 1 N–H and O–H groups in total. The Morgan fingerprint density at radius 2 is 1.96 bits per heavy atom. The second-order valence-electron chi connectivity index (χ2n) is 10.2. The van der Waals surface area contributed by atoms with Crippen LogP contribution in [0.3, 0.4) is 0 Å². The first-order chi connectivity index (χ1) is 12.3. The Balaban J connectivity index is 1.67. The van der Waals surface area contributed by atoms with Crippen LogP contribution in [0.1, 0.15) is 78.6 Å². The summed E-state index contributed by atoms with van der Waals surface area (Å²) in [7, 11) is 4.12. The van der Waals surface area contributed by atoms with Crippen molar-refractivity contribution in [3.8, 4) is 0 Å². The van der Waals surface area contributed by atoms with E-state index in [-0.39, 0.29) is 11.1 Å². The third kappa shape index (κ3) is 2.25. The van der Waals surface area contributed by atoms with Crippen molar-refractivity contribution in [3.63, 3.8) is 0 Å². The van der Waals surface area contributed by atoms with Crippen LogP contribution < -0.4 is 5.32 Å². The molecule has 3 nitrogen and oxygen atoms in total. The van der Waals surface area contributed by atoms with Gasteiger partial charge >= 0.3 is 0 Å². The van der Waals surface area contributed by atoms with E-state index < -0.39 is 0 Å². The van der Waals surface area contributed by atoms with E-state index in [1.54, 1.807) is 5.57 Å². The maximum Gasteiger partial charge on any atom is 0.223 e. The molecule has 4 rings (SSSR count). The van der Waals surface area contributed by atoms with Gasteiger partial charge in [0, 0.05) is 18.9 Å². The van der Waals surface area contributed by atoms with Crippen molar-refractivity contribution in [2.75, 3.05) is 14.1 Å². The first-order valence-electron chi connectivity index (χ1n) is 11.0. The van der Waals surface area contributed by atoms with Gasteiger partial charge in [0.15, 0.2) is 0 Å². The van der Waals surface area contributed by atoms with Gasteiger partial charge in [-0.15, -0.1) is 0 Å². The van der Waals surface area contributed by atoms with E-state index >= 15 is 0 Å². The Morgan fingerprint density at radius 3 is 2.65 bits per heavy atom. The standard InChI is InChI=1S/C23H38N2O/c1-6-7-16-14-19-17-8-13-23(24-4)22(3,12-10-20(26)25(23)5)18(17)9-11-21(19,2)15-16/h15,17-19,24H,6-14H2,1-5H3/t17?,18?,19?,21?,22?,23-/m1/s1. The number of amides is 1. The number of nitrogens with zero attached hydrogens (tertiary/aromatic N) is 1.